The third-order valence-electron chi connectivity index (χ3n) is 5.80. The molecule has 8 heteroatoms. The Morgan fingerprint density at radius 2 is 1.44 bits per heavy atom. The minimum absolute atomic E-state index is 0.0392. The van der Waals surface area contributed by atoms with Gasteiger partial charge in [0, 0.05) is 29.6 Å². The normalized spacial score (nSPS) is 11.9. The molecule has 0 aliphatic rings. The second kappa shape index (κ2) is 8.89. The van der Waals surface area contributed by atoms with Crippen LogP contribution in [0.4, 0.5) is 0 Å². The lowest BCUT2D eigenvalue weighted by Crippen LogP contribution is -2.33. The Bertz CT molecular complexity index is 1490. The molecule has 0 saturated heterocycles. The van der Waals surface area contributed by atoms with E-state index in [0.29, 0.717) is 11.1 Å². The molecule has 0 aliphatic heterocycles. The number of nitrogens with zero attached hydrogens (tertiary/aromatic N) is 2. The standard InChI is InChI=1S/C26H24N2O5S/c1-17(2)27(3)34(32,33)20-14-15-22-21(16-20)23(24(29)18-10-6-4-7-11-18)26(31)28(22)25(30)19-12-8-5-9-13-19/h4-17,31H,1-3H3. The Morgan fingerprint density at radius 3 is 2.00 bits per heavy atom. The number of benzene rings is 3. The number of hydrogen-bond donors (Lipinski definition) is 1. The van der Waals surface area contributed by atoms with Gasteiger partial charge >= 0.3 is 0 Å². The summed E-state index contributed by atoms with van der Waals surface area (Å²) in [7, 11) is -2.39. The molecule has 3 aromatic carbocycles. The van der Waals surface area contributed by atoms with Gasteiger partial charge in [-0.2, -0.15) is 4.31 Å². The van der Waals surface area contributed by atoms with Gasteiger partial charge in [0.05, 0.1) is 16.0 Å². The maximum Gasteiger partial charge on any atom is 0.265 e. The van der Waals surface area contributed by atoms with Gasteiger partial charge in [-0.25, -0.2) is 13.0 Å². The largest absolute Gasteiger partial charge is 0.494 e. The van der Waals surface area contributed by atoms with Crippen molar-refractivity contribution in [3.8, 4) is 5.88 Å². The molecular weight excluding hydrogens is 452 g/mol. The minimum Gasteiger partial charge on any atom is -0.494 e. The van der Waals surface area contributed by atoms with Crippen LogP contribution in [0.25, 0.3) is 10.9 Å². The number of aromatic hydroxyl groups is 1. The molecule has 4 aromatic rings. The van der Waals surface area contributed by atoms with Crippen LogP contribution in [-0.4, -0.2) is 47.2 Å². The first-order chi connectivity index (χ1) is 16.1. The van der Waals surface area contributed by atoms with Gasteiger partial charge in [-0.05, 0) is 44.2 Å². The number of hydrogen-bond acceptors (Lipinski definition) is 5. The smallest absolute Gasteiger partial charge is 0.265 e. The van der Waals surface area contributed by atoms with Gasteiger partial charge in [0.25, 0.3) is 5.91 Å². The topological polar surface area (TPSA) is 96.7 Å². The second-order valence-electron chi connectivity index (χ2n) is 8.19. The first kappa shape index (κ1) is 23.4. The SMILES string of the molecule is CC(C)N(C)S(=O)(=O)c1ccc2c(c1)c(C(=O)c1ccccc1)c(O)n2C(=O)c1ccccc1. The third kappa shape index (κ3) is 3.91. The fraction of sp³-hybridized carbons (Fsp3) is 0.154. The first-order valence-electron chi connectivity index (χ1n) is 10.7. The minimum atomic E-state index is -3.87. The summed E-state index contributed by atoms with van der Waals surface area (Å²) >= 11 is 0. The lowest BCUT2D eigenvalue weighted by molar-refractivity contribution is 0.0956. The maximum absolute atomic E-state index is 13.4. The molecule has 0 spiro atoms. The van der Waals surface area contributed by atoms with Gasteiger partial charge in [-0.15, -0.1) is 0 Å². The zero-order valence-corrected chi connectivity index (χ0v) is 19.8. The van der Waals surface area contributed by atoms with E-state index in [2.05, 4.69) is 0 Å². The summed E-state index contributed by atoms with van der Waals surface area (Å²) in [5.74, 6) is -1.59. The van der Waals surface area contributed by atoms with Gasteiger partial charge < -0.3 is 5.11 Å². The summed E-state index contributed by atoms with van der Waals surface area (Å²) in [6.07, 6.45) is 0. The summed E-state index contributed by atoms with van der Waals surface area (Å²) in [5, 5.41) is 11.3. The number of carbonyl (C=O) groups is 2. The number of fused-ring (bicyclic) bond motifs is 1. The van der Waals surface area contributed by atoms with Crippen LogP contribution < -0.4 is 0 Å². The molecule has 0 fully saturated rings. The van der Waals surface area contributed by atoms with Crippen LogP contribution in [0.15, 0.2) is 83.8 Å². The number of ketones is 1. The molecule has 0 saturated carbocycles. The van der Waals surface area contributed by atoms with Crippen LogP contribution in [0, 0.1) is 0 Å². The van der Waals surface area contributed by atoms with Gasteiger partial charge in [0.15, 0.2) is 5.78 Å². The number of rotatable bonds is 6. The van der Waals surface area contributed by atoms with E-state index >= 15 is 0 Å². The number of sulfonamides is 1. The van der Waals surface area contributed by atoms with Gasteiger partial charge in [-0.3, -0.25) is 9.59 Å². The molecular formula is C26H24N2O5S. The van der Waals surface area contributed by atoms with Crippen LogP contribution in [0.2, 0.25) is 0 Å². The van der Waals surface area contributed by atoms with Crippen LogP contribution in [0.3, 0.4) is 0 Å². The highest BCUT2D eigenvalue weighted by molar-refractivity contribution is 7.89. The van der Waals surface area contributed by atoms with E-state index in [1.54, 1.807) is 74.5 Å². The first-order valence-corrected chi connectivity index (χ1v) is 12.1. The Kier molecular flexibility index (Phi) is 6.12. The predicted molar refractivity (Wildman–Crippen MR) is 130 cm³/mol. The summed E-state index contributed by atoms with van der Waals surface area (Å²) < 4.78 is 28.5. The fourth-order valence-corrected chi connectivity index (χ4v) is 5.13. The van der Waals surface area contributed by atoms with E-state index in [-0.39, 0.29) is 27.4 Å². The van der Waals surface area contributed by atoms with Crippen molar-refractivity contribution in [2.24, 2.45) is 0 Å². The molecule has 4 rings (SSSR count). The van der Waals surface area contributed by atoms with Crippen molar-refractivity contribution in [1.29, 1.82) is 0 Å². The predicted octanol–water partition coefficient (Wildman–Crippen LogP) is 4.30. The Labute approximate surface area is 197 Å². The van der Waals surface area contributed by atoms with E-state index in [0.717, 1.165) is 4.57 Å². The van der Waals surface area contributed by atoms with Crippen molar-refractivity contribution in [2.45, 2.75) is 24.8 Å². The second-order valence-corrected chi connectivity index (χ2v) is 10.2. The zero-order valence-electron chi connectivity index (χ0n) is 19.0. The van der Waals surface area contributed by atoms with E-state index < -0.39 is 27.6 Å². The monoisotopic (exact) mass is 476 g/mol. The number of aromatic nitrogens is 1. The van der Waals surface area contributed by atoms with Crippen LogP contribution in [0.1, 0.15) is 40.1 Å². The molecule has 1 heterocycles. The van der Waals surface area contributed by atoms with Crippen molar-refractivity contribution in [3.63, 3.8) is 0 Å². The Hall–Kier alpha value is -3.75. The van der Waals surface area contributed by atoms with Crippen molar-refractivity contribution < 1.29 is 23.1 Å². The molecule has 174 valence electrons. The average Bonchev–Trinajstić information content (AvgIpc) is 3.14. The summed E-state index contributed by atoms with van der Waals surface area (Å²) in [5.41, 5.74) is 0.715. The molecule has 0 radical (unpaired) electrons. The lowest BCUT2D eigenvalue weighted by atomic mass is 10.0. The van der Waals surface area contributed by atoms with E-state index in [9.17, 15) is 23.1 Å². The zero-order chi connectivity index (χ0) is 24.6. The summed E-state index contributed by atoms with van der Waals surface area (Å²) in [4.78, 5) is 26.7. The summed E-state index contributed by atoms with van der Waals surface area (Å²) in [6, 6.07) is 20.5. The van der Waals surface area contributed by atoms with Crippen LogP contribution in [-0.2, 0) is 10.0 Å². The molecule has 1 N–H and O–H groups in total. The Balaban J connectivity index is 2.00. The van der Waals surface area contributed by atoms with Gasteiger partial charge in [0.1, 0.15) is 0 Å². The molecule has 0 aliphatic carbocycles. The summed E-state index contributed by atoms with van der Waals surface area (Å²) in [6.45, 7) is 3.50. The highest BCUT2D eigenvalue weighted by atomic mass is 32.2. The molecule has 0 unspecified atom stereocenters. The maximum atomic E-state index is 13.4. The quantitative estimate of drug-likeness (QED) is 0.419. The van der Waals surface area contributed by atoms with Gasteiger partial charge in [-0.1, -0.05) is 48.5 Å². The van der Waals surface area contributed by atoms with E-state index in [4.69, 9.17) is 0 Å². The molecule has 0 amide bonds. The molecule has 34 heavy (non-hydrogen) atoms. The van der Waals surface area contributed by atoms with Crippen molar-refractivity contribution in [2.75, 3.05) is 7.05 Å². The van der Waals surface area contributed by atoms with E-state index in [1.807, 2.05) is 0 Å². The molecule has 0 bridgehead atoms. The van der Waals surface area contributed by atoms with Gasteiger partial charge in [0.2, 0.25) is 15.9 Å². The average molecular weight is 477 g/mol. The van der Waals surface area contributed by atoms with E-state index in [1.165, 1.54) is 29.6 Å². The molecule has 7 nitrogen and oxygen atoms in total. The van der Waals surface area contributed by atoms with Crippen molar-refractivity contribution in [3.05, 3.63) is 95.6 Å². The lowest BCUT2D eigenvalue weighted by Gasteiger charge is -2.21. The van der Waals surface area contributed by atoms with Crippen molar-refractivity contribution >= 4 is 32.6 Å². The Morgan fingerprint density at radius 1 is 0.882 bits per heavy atom. The third-order valence-corrected chi connectivity index (χ3v) is 7.83. The molecule has 1 aromatic heterocycles. The highest BCUT2D eigenvalue weighted by Gasteiger charge is 2.30. The van der Waals surface area contributed by atoms with Crippen LogP contribution >= 0.6 is 0 Å². The molecule has 0 atom stereocenters. The van der Waals surface area contributed by atoms with Crippen molar-refractivity contribution in [1.82, 2.24) is 8.87 Å². The number of carbonyl (C=O) groups excluding carboxylic acids is 2. The highest BCUT2D eigenvalue weighted by Crippen LogP contribution is 2.36. The van der Waals surface area contributed by atoms with Crippen LogP contribution in [0.5, 0.6) is 5.88 Å². The fourth-order valence-electron chi connectivity index (χ4n) is 3.73.